The smallest absolute Gasteiger partial charge is 0.133 e. The molecule has 14 heavy (non-hydrogen) atoms. The summed E-state index contributed by atoms with van der Waals surface area (Å²) in [5, 5.41) is 0.385. The molecule has 0 heterocycles. The molecule has 2 rings (SSSR count). The van der Waals surface area contributed by atoms with Gasteiger partial charge in [0, 0.05) is 5.56 Å². The summed E-state index contributed by atoms with van der Waals surface area (Å²) in [6.45, 7) is 0. The van der Waals surface area contributed by atoms with Crippen LogP contribution in [0.5, 0.6) is 0 Å². The summed E-state index contributed by atoms with van der Waals surface area (Å²) in [5.74, 6) is -0.344. The van der Waals surface area contributed by atoms with Crippen LogP contribution in [0.2, 0.25) is 5.02 Å². The van der Waals surface area contributed by atoms with Crippen molar-refractivity contribution >= 4 is 11.6 Å². The second-order valence-electron chi connectivity index (χ2n) is 2.89. The van der Waals surface area contributed by atoms with Crippen molar-refractivity contribution in [1.82, 2.24) is 0 Å². The minimum Gasteiger partial charge on any atom is -0.206 e. The highest BCUT2D eigenvalue weighted by Crippen LogP contribution is 2.29. The normalized spacial score (nSPS) is 10.1. The quantitative estimate of drug-likeness (QED) is 0.662. The van der Waals surface area contributed by atoms with Gasteiger partial charge in [0.1, 0.15) is 5.82 Å². The largest absolute Gasteiger partial charge is 0.206 e. The van der Waals surface area contributed by atoms with Crippen molar-refractivity contribution in [3.63, 3.8) is 0 Å². The van der Waals surface area contributed by atoms with Gasteiger partial charge in [0.05, 0.1) is 5.02 Å². The van der Waals surface area contributed by atoms with Gasteiger partial charge in [0.2, 0.25) is 0 Å². The first-order chi connectivity index (χ1) is 6.79. The van der Waals surface area contributed by atoms with Crippen LogP contribution >= 0.6 is 11.6 Å². The fourth-order valence-corrected chi connectivity index (χ4v) is 1.59. The van der Waals surface area contributed by atoms with Crippen LogP contribution in [-0.2, 0) is 0 Å². The average Bonchev–Trinajstić information content (AvgIpc) is 2.19. The predicted octanol–water partition coefficient (Wildman–Crippen LogP) is 3.95. The van der Waals surface area contributed by atoms with Crippen molar-refractivity contribution in [3.05, 3.63) is 59.4 Å². The van der Waals surface area contributed by atoms with E-state index in [2.05, 4.69) is 6.07 Å². The molecule has 0 spiro atoms. The maximum Gasteiger partial charge on any atom is 0.133 e. The molecule has 0 nitrogen and oxygen atoms in total. The number of halogens is 2. The third-order valence-electron chi connectivity index (χ3n) is 1.96. The highest BCUT2D eigenvalue weighted by molar-refractivity contribution is 6.33. The Kier molecular flexibility index (Phi) is 2.51. The van der Waals surface area contributed by atoms with Gasteiger partial charge in [0.25, 0.3) is 0 Å². The van der Waals surface area contributed by atoms with Gasteiger partial charge >= 0.3 is 0 Å². The van der Waals surface area contributed by atoms with Crippen molar-refractivity contribution in [3.8, 4) is 11.1 Å². The van der Waals surface area contributed by atoms with E-state index in [9.17, 15) is 4.39 Å². The molecule has 0 saturated carbocycles. The molecule has 0 fully saturated rings. The van der Waals surface area contributed by atoms with Crippen LogP contribution in [0, 0.1) is 11.9 Å². The van der Waals surface area contributed by atoms with Gasteiger partial charge in [-0.2, -0.15) is 0 Å². The third kappa shape index (κ3) is 1.64. The van der Waals surface area contributed by atoms with Gasteiger partial charge in [-0.25, -0.2) is 4.39 Å². The second-order valence-corrected chi connectivity index (χ2v) is 3.30. The van der Waals surface area contributed by atoms with Crippen LogP contribution in [-0.4, -0.2) is 0 Å². The number of hydrogen-bond acceptors (Lipinski definition) is 0. The van der Waals surface area contributed by atoms with Crippen LogP contribution in [0.25, 0.3) is 11.1 Å². The summed E-state index contributed by atoms with van der Waals surface area (Å²) < 4.78 is 13.4. The zero-order valence-electron chi connectivity index (χ0n) is 7.30. The van der Waals surface area contributed by atoms with Gasteiger partial charge < -0.3 is 0 Å². The van der Waals surface area contributed by atoms with Crippen LogP contribution in [0.15, 0.2) is 42.5 Å². The zero-order chi connectivity index (χ0) is 9.97. The van der Waals surface area contributed by atoms with E-state index in [0.717, 1.165) is 5.56 Å². The van der Waals surface area contributed by atoms with Crippen molar-refractivity contribution in [1.29, 1.82) is 0 Å². The lowest BCUT2D eigenvalue weighted by molar-refractivity contribution is 0.631. The molecular formula is C12H7ClF. The first-order valence-corrected chi connectivity index (χ1v) is 4.57. The Bertz CT molecular complexity index is 417. The summed E-state index contributed by atoms with van der Waals surface area (Å²) >= 11 is 5.89. The summed E-state index contributed by atoms with van der Waals surface area (Å²) in [7, 11) is 0. The van der Waals surface area contributed by atoms with Gasteiger partial charge in [0.15, 0.2) is 0 Å². The van der Waals surface area contributed by atoms with E-state index in [1.54, 1.807) is 6.07 Å². The molecule has 0 amide bonds. The molecular weight excluding hydrogens is 199 g/mol. The molecule has 0 N–H and O–H groups in total. The second kappa shape index (κ2) is 3.81. The maximum absolute atomic E-state index is 13.4. The molecule has 0 unspecified atom stereocenters. The monoisotopic (exact) mass is 205 g/mol. The Morgan fingerprint density at radius 2 is 1.79 bits per heavy atom. The Labute approximate surface area is 87.0 Å². The van der Waals surface area contributed by atoms with E-state index < -0.39 is 0 Å². The summed E-state index contributed by atoms with van der Waals surface area (Å²) in [5.41, 5.74) is 1.22. The number of hydrogen-bond donors (Lipinski definition) is 0. The molecule has 2 aromatic carbocycles. The number of benzene rings is 2. The molecule has 0 aliphatic carbocycles. The van der Waals surface area contributed by atoms with E-state index in [-0.39, 0.29) is 5.82 Å². The predicted molar refractivity (Wildman–Crippen MR) is 55.7 cm³/mol. The highest BCUT2D eigenvalue weighted by atomic mass is 35.5. The molecule has 0 bridgehead atoms. The highest BCUT2D eigenvalue weighted by Gasteiger charge is 2.07. The molecule has 69 valence electrons. The van der Waals surface area contributed by atoms with Gasteiger partial charge in [-0.15, -0.1) is 0 Å². The Morgan fingerprint density at radius 3 is 2.43 bits per heavy atom. The third-order valence-corrected chi connectivity index (χ3v) is 2.26. The minimum atomic E-state index is -0.344. The van der Waals surface area contributed by atoms with E-state index in [4.69, 9.17) is 11.6 Å². The topological polar surface area (TPSA) is 0 Å². The first-order valence-electron chi connectivity index (χ1n) is 4.19. The van der Waals surface area contributed by atoms with E-state index in [0.29, 0.717) is 10.6 Å². The van der Waals surface area contributed by atoms with Crippen LogP contribution in [0.3, 0.4) is 0 Å². The lowest BCUT2D eigenvalue weighted by atomic mass is 10.1. The minimum absolute atomic E-state index is 0.344. The summed E-state index contributed by atoms with van der Waals surface area (Å²) in [4.78, 5) is 0. The van der Waals surface area contributed by atoms with Crippen molar-refractivity contribution in [2.24, 2.45) is 0 Å². The average molecular weight is 206 g/mol. The molecule has 0 atom stereocenters. The van der Waals surface area contributed by atoms with Crippen molar-refractivity contribution in [2.75, 3.05) is 0 Å². The zero-order valence-corrected chi connectivity index (χ0v) is 8.05. The molecule has 0 saturated heterocycles. The Balaban J connectivity index is 2.63. The summed E-state index contributed by atoms with van der Waals surface area (Å²) in [6, 6.07) is 14.7. The van der Waals surface area contributed by atoms with Crippen molar-refractivity contribution < 1.29 is 4.39 Å². The first kappa shape index (κ1) is 9.22. The maximum atomic E-state index is 13.4. The SMILES string of the molecule is Fc1c[c]cc(Cl)c1-c1ccccc1. The molecule has 2 heteroatoms. The van der Waals surface area contributed by atoms with Crippen LogP contribution in [0.4, 0.5) is 4.39 Å². The lowest BCUT2D eigenvalue weighted by Crippen LogP contribution is -1.84. The number of rotatable bonds is 1. The standard InChI is InChI=1S/C12H7ClF/c13-10-7-4-8-11(14)12(10)9-5-2-1-3-6-9/h1-3,5-8H. The van der Waals surface area contributed by atoms with Gasteiger partial charge in [-0.05, 0) is 23.8 Å². The van der Waals surface area contributed by atoms with E-state index >= 15 is 0 Å². The lowest BCUT2D eigenvalue weighted by Gasteiger charge is -2.04. The summed E-state index contributed by atoms with van der Waals surface area (Å²) in [6.07, 6.45) is 0. The Hall–Kier alpha value is -1.34. The molecule has 0 aliphatic heterocycles. The van der Waals surface area contributed by atoms with E-state index in [1.807, 2.05) is 30.3 Å². The van der Waals surface area contributed by atoms with Crippen molar-refractivity contribution in [2.45, 2.75) is 0 Å². The van der Waals surface area contributed by atoms with Crippen LogP contribution < -0.4 is 0 Å². The van der Waals surface area contributed by atoms with Gasteiger partial charge in [-0.3, -0.25) is 0 Å². The van der Waals surface area contributed by atoms with E-state index in [1.165, 1.54) is 6.07 Å². The Morgan fingerprint density at radius 1 is 1.07 bits per heavy atom. The fraction of sp³-hybridized carbons (Fsp3) is 0. The molecule has 0 aromatic heterocycles. The molecule has 0 aliphatic rings. The molecule has 1 radical (unpaired) electrons. The van der Waals surface area contributed by atoms with Crippen LogP contribution in [0.1, 0.15) is 0 Å². The fourth-order valence-electron chi connectivity index (χ4n) is 1.33. The molecule has 2 aromatic rings. The van der Waals surface area contributed by atoms with Gasteiger partial charge in [-0.1, -0.05) is 41.9 Å².